The first-order valence-electron chi connectivity index (χ1n) is 5.83. The van der Waals surface area contributed by atoms with E-state index in [4.69, 9.17) is 10.5 Å². The molecule has 0 saturated carbocycles. The van der Waals surface area contributed by atoms with E-state index in [0.717, 1.165) is 11.3 Å². The Hall–Kier alpha value is -2.40. The second-order valence-electron chi connectivity index (χ2n) is 3.94. The van der Waals surface area contributed by atoms with Crippen molar-refractivity contribution in [3.05, 3.63) is 53.9 Å². The average Bonchev–Trinajstić information content (AvgIpc) is 2.48. The molecule has 19 heavy (non-hydrogen) atoms. The van der Waals surface area contributed by atoms with Crippen molar-refractivity contribution in [1.82, 2.24) is 4.98 Å². The predicted octanol–water partition coefficient (Wildman–Crippen LogP) is 1.80. The fourth-order valence-electron chi connectivity index (χ4n) is 1.55. The highest BCUT2D eigenvalue weighted by molar-refractivity contribution is 6.02. The fourth-order valence-corrected chi connectivity index (χ4v) is 1.55. The van der Waals surface area contributed by atoms with E-state index in [0.29, 0.717) is 17.9 Å². The van der Waals surface area contributed by atoms with Gasteiger partial charge in [-0.2, -0.15) is 0 Å². The monoisotopic (exact) mass is 257 g/mol. The second-order valence-corrected chi connectivity index (χ2v) is 3.94. The molecule has 5 nitrogen and oxygen atoms in total. The molecule has 1 aromatic carbocycles. The zero-order valence-electron chi connectivity index (χ0n) is 10.6. The van der Waals surface area contributed by atoms with Gasteiger partial charge in [-0.3, -0.25) is 9.78 Å². The third-order valence-electron chi connectivity index (χ3n) is 2.64. The summed E-state index contributed by atoms with van der Waals surface area (Å²) in [5.41, 5.74) is 7.41. The number of nitrogens with zero attached hydrogens (tertiary/aromatic N) is 1. The van der Waals surface area contributed by atoms with E-state index in [1.54, 1.807) is 49.7 Å². The van der Waals surface area contributed by atoms with Crippen LogP contribution in [0.25, 0.3) is 0 Å². The van der Waals surface area contributed by atoms with Crippen LogP contribution >= 0.6 is 0 Å². The summed E-state index contributed by atoms with van der Waals surface area (Å²) in [5.74, 6) is 0.483. The van der Waals surface area contributed by atoms with E-state index < -0.39 is 0 Å². The van der Waals surface area contributed by atoms with Crippen molar-refractivity contribution in [1.29, 1.82) is 0 Å². The van der Waals surface area contributed by atoms with E-state index in [1.165, 1.54) is 0 Å². The maximum absolute atomic E-state index is 11.9. The predicted molar refractivity (Wildman–Crippen MR) is 73.1 cm³/mol. The number of hydrogen-bond acceptors (Lipinski definition) is 4. The number of ether oxygens (including phenoxy) is 1. The minimum Gasteiger partial charge on any atom is -0.497 e. The first-order chi connectivity index (χ1) is 9.22. The highest BCUT2D eigenvalue weighted by atomic mass is 16.5. The van der Waals surface area contributed by atoms with Crippen LogP contribution in [0.2, 0.25) is 0 Å². The van der Waals surface area contributed by atoms with Gasteiger partial charge in [-0.05, 0) is 35.9 Å². The van der Waals surface area contributed by atoms with Crippen LogP contribution in [0.1, 0.15) is 16.1 Å². The minimum absolute atomic E-state index is 0.256. The first-order valence-corrected chi connectivity index (χ1v) is 5.83. The number of aromatic nitrogens is 1. The topological polar surface area (TPSA) is 77.2 Å². The lowest BCUT2D eigenvalue weighted by atomic mass is 10.2. The molecule has 98 valence electrons. The number of rotatable bonds is 4. The Bertz CT molecular complexity index is 550. The first kappa shape index (κ1) is 13.0. The van der Waals surface area contributed by atoms with Crippen LogP contribution in [0.3, 0.4) is 0 Å². The van der Waals surface area contributed by atoms with E-state index in [1.807, 2.05) is 0 Å². The summed E-state index contributed by atoms with van der Waals surface area (Å²) in [6.07, 6.45) is 1.60. The SMILES string of the molecule is COc1ccc(NC(=O)c2ccc(CN)cn2)cc1. The molecule has 0 atom stereocenters. The summed E-state index contributed by atoms with van der Waals surface area (Å²) in [6, 6.07) is 10.5. The van der Waals surface area contributed by atoms with E-state index in [9.17, 15) is 4.79 Å². The maximum Gasteiger partial charge on any atom is 0.274 e. The molecule has 0 fully saturated rings. The van der Waals surface area contributed by atoms with Gasteiger partial charge in [-0.1, -0.05) is 6.07 Å². The Morgan fingerprint density at radius 2 is 2.00 bits per heavy atom. The zero-order chi connectivity index (χ0) is 13.7. The molecule has 5 heteroatoms. The van der Waals surface area contributed by atoms with Gasteiger partial charge in [0.1, 0.15) is 11.4 Å². The molecule has 0 radical (unpaired) electrons. The van der Waals surface area contributed by atoms with Crippen molar-refractivity contribution >= 4 is 11.6 Å². The molecule has 0 aliphatic carbocycles. The lowest BCUT2D eigenvalue weighted by Gasteiger charge is -2.06. The summed E-state index contributed by atoms with van der Waals surface area (Å²) in [4.78, 5) is 16.0. The van der Waals surface area contributed by atoms with Gasteiger partial charge in [-0.15, -0.1) is 0 Å². The van der Waals surface area contributed by atoms with Gasteiger partial charge < -0.3 is 15.8 Å². The highest BCUT2D eigenvalue weighted by Gasteiger charge is 2.07. The lowest BCUT2D eigenvalue weighted by Crippen LogP contribution is -2.13. The van der Waals surface area contributed by atoms with Gasteiger partial charge in [-0.25, -0.2) is 0 Å². The van der Waals surface area contributed by atoms with Crippen LogP contribution < -0.4 is 15.8 Å². The minimum atomic E-state index is -0.256. The Morgan fingerprint density at radius 3 is 2.53 bits per heavy atom. The van der Waals surface area contributed by atoms with Crippen molar-refractivity contribution < 1.29 is 9.53 Å². The molecule has 1 heterocycles. The largest absolute Gasteiger partial charge is 0.497 e. The number of pyridine rings is 1. The summed E-state index contributed by atoms with van der Waals surface area (Å²) in [7, 11) is 1.59. The Kier molecular flexibility index (Phi) is 4.10. The van der Waals surface area contributed by atoms with Crippen molar-refractivity contribution in [3.8, 4) is 5.75 Å². The normalized spacial score (nSPS) is 10.0. The lowest BCUT2D eigenvalue weighted by molar-refractivity contribution is 0.102. The van der Waals surface area contributed by atoms with Crippen LogP contribution in [-0.4, -0.2) is 18.0 Å². The number of carbonyl (C=O) groups is 1. The summed E-state index contributed by atoms with van der Waals surface area (Å²) >= 11 is 0. The summed E-state index contributed by atoms with van der Waals surface area (Å²) in [5, 5.41) is 2.76. The van der Waals surface area contributed by atoms with Crippen LogP contribution in [0.5, 0.6) is 5.75 Å². The number of benzene rings is 1. The van der Waals surface area contributed by atoms with Crippen LogP contribution in [-0.2, 0) is 6.54 Å². The smallest absolute Gasteiger partial charge is 0.274 e. The molecule has 1 amide bonds. The van der Waals surface area contributed by atoms with E-state index >= 15 is 0 Å². The number of nitrogens with two attached hydrogens (primary N) is 1. The van der Waals surface area contributed by atoms with Crippen molar-refractivity contribution in [2.24, 2.45) is 5.73 Å². The third kappa shape index (κ3) is 3.29. The molecule has 3 N–H and O–H groups in total. The number of methoxy groups -OCH3 is 1. The van der Waals surface area contributed by atoms with Gasteiger partial charge in [0, 0.05) is 18.4 Å². The zero-order valence-corrected chi connectivity index (χ0v) is 10.6. The van der Waals surface area contributed by atoms with E-state index in [-0.39, 0.29) is 5.91 Å². The number of nitrogens with one attached hydrogen (secondary N) is 1. The Labute approximate surface area is 111 Å². The molecule has 0 unspecified atom stereocenters. The van der Waals surface area contributed by atoms with Crippen LogP contribution in [0, 0.1) is 0 Å². The van der Waals surface area contributed by atoms with E-state index in [2.05, 4.69) is 10.3 Å². The molecule has 2 rings (SSSR count). The molecule has 0 aliphatic rings. The van der Waals surface area contributed by atoms with Crippen molar-refractivity contribution in [2.75, 3.05) is 12.4 Å². The molecular formula is C14H15N3O2. The van der Waals surface area contributed by atoms with Crippen molar-refractivity contribution in [2.45, 2.75) is 6.54 Å². The number of carbonyl (C=O) groups excluding carboxylic acids is 1. The Morgan fingerprint density at radius 1 is 1.26 bits per heavy atom. The highest BCUT2D eigenvalue weighted by Crippen LogP contribution is 2.15. The molecule has 2 aromatic rings. The number of anilines is 1. The quantitative estimate of drug-likeness (QED) is 0.875. The number of amides is 1. The molecular weight excluding hydrogens is 242 g/mol. The number of hydrogen-bond donors (Lipinski definition) is 2. The van der Waals surface area contributed by atoms with Gasteiger partial charge in [0.15, 0.2) is 0 Å². The molecule has 0 aliphatic heterocycles. The van der Waals surface area contributed by atoms with Crippen molar-refractivity contribution in [3.63, 3.8) is 0 Å². The molecule has 0 spiro atoms. The van der Waals surface area contributed by atoms with Gasteiger partial charge in [0.2, 0.25) is 0 Å². The average molecular weight is 257 g/mol. The van der Waals surface area contributed by atoms with Gasteiger partial charge >= 0.3 is 0 Å². The standard InChI is InChI=1S/C14H15N3O2/c1-19-12-5-3-11(4-6-12)17-14(18)13-7-2-10(8-15)9-16-13/h2-7,9H,8,15H2,1H3,(H,17,18). The second kappa shape index (κ2) is 5.97. The summed E-state index contributed by atoms with van der Waals surface area (Å²) in [6.45, 7) is 0.410. The fraction of sp³-hybridized carbons (Fsp3) is 0.143. The Balaban J connectivity index is 2.06. The molecule has 0 bridgehead atoms. The summed E-state index contributed by atoms with van der Waals surface area (Å²) < 4.78 is 5.05. The van der Waals surface area contributed by atoms with Crippen LogP contribution in [0.4, 0.5) is 5.69 Å². The third-order valence-corrected chi connectivity index (χ3v) is 2.64. The maximum atomic E-state index is 11.9. The molecule has 1 aromatic heterocycles. The van der Waals surface area contributed by atoms with Gasteiger partial charge in [0.05, 0.1) is 7.11 Å². The molecule has 0 saturated heterocycles. The van der Waals surface area contributed by atoms with Crippen LogP contribution in [0.15, 0.2) is 42.6 Å². The van der Waals surface area contributed by atoms with Gasteiger partial charge in [0.25, 0.3) is 5.91 Å².